The lowest BCUT2D eigenvalue weighted by Crippen LogP contribution is -2.53. The van der Waals surface area contributed by atoms with Gasteiger partial charge in [-0.2, -0.15) is 0 Å². The summed E-state index contributed by atoms with van der Waals surface area (Å²) in [4.78, 5) is 5.08. The Morgan fingerprint density at radius 3 is 2.66 bits per heavy atom. The Morgan fingerprint density at radius 1 is 0.966 bits per heavy atom. The minimum Gasteiger partial charge on any atom is -0.507 e. The van der Waals surface area contributed by atoms with Gasteiger partial charge in [0, 0.05) is 16.3 Å². The summed E-state index contributed by atoms with van der Waals surface area (Å²) in [6, 6.07) is 6.00. The van der Waals surface area contributed by atoms with Crippen LogP contribution in [-0.4, -0.2) is 17.4 Å². The van der Waals surface area contributed by atoms with Gasteiger partial charge in [-0.3, -0.25) is 4.99 Å². The fraction of sp³-hybridized carbons (Fsp3) is 0.731. The van der Waals surface area contributed by atoms with Crippen molar-refractivity contribution < 1.29 is 5.11 Å². The fourth-order valence-electron chi connectivity index (χ4n) is 8.31. The van der Waals surface area contributed by atoms with Gasteiger partial charge in [0.05, 0.1) is 6.04 Å². The highest BCUT2D eigenvalue weighted by Gasteiger charge is 2.59. The number of phenolic OH excluding ortho intramolecular Hbond substituents is 1. The monoisotopic (exact) mass is 457 g/mol. The molecule has 0 aromatic heterocycles. The molecule has 0 saturated heterocycles. The van der Waals surface area contributed by atoms with E-state index in [4.69, 9.17) is 4.99 Å². The van der Waals surface area contributed by atoms with Gasteiger partial charge in [-0.25, -0.2) is 0 Å². The first-order valence-corrected chi connectivity index (χ1v) is 12.7. The van der Waals surface area contributed by atoms with Crippen LogP contribution in [0.4, 0.5) is 0 Å². The zero-order chi connectivity index (χ0) is 20.2. The molecule has 4 saturated carbocycles. The Bertz CT molecular complexity index is 806. The number of aliphatic imine (C=N–C) groups is 1. The normalized spacial score (nSPS) is 44.3. The standard InChI is InChI=1S/C26H36BrNO/c1-25-13-4-3-5-18(25)6-8-20-21-9-11-24(26(21,2)14-12-22(20)25)28-16-17-15-19(27)7-10-23(17)29/h7,10,15-16,18,20-22,24,29H,3-6,8-9,11-14H2,1-2H3/t18-,20+,21-,22-,24-,25-,26+/m0/s1. The molecular weight excluding hydrogens is 422 g/mol. The molecule has 158 valence electrons. The summed E-state index contributed by atoms with van der Waals surface area (Å²) in [6.07, 6.45) is 16.1. The van der Waals surface area contributed by atoms with E-state index in [1.807, 2.05) is 18.3 Å². The van der Waals surface area contributed by atoms with Gasteiger partial charge in [0.15, 0.2) is 0 Å². The van der Waals surface area contributed by atoms with E-state index in [0.29, 0.717) is 22.6 Å². The molecule has 4 fully saturated rings. The summed E-state index contributed by atoms with van der Waals surface area (Å²) in [5.74, 6) is 4.05. The lowest BCUT2D eigenvalue weighted by atomic mass is 9.45. The Kier molecular flexibility index (Phi) is 5.12. The minimum absolute atomic E-state index is 0.323. The van der Waals surface area contributed by atoms with Crippen LogP contribution >= 0.6 is 15.9 Å². The third kappa shape index (κ3) is 3.22. The van der Waals surface area contributed by atoms with Gasteiger partial charge in [-0.1, -0.05) is 42.6 Å². The average molecular weight is 458 g/mol. The van der Waals surface area contributed by atoms with E-state index in [0.717, 1.165) is 33.7 Å². The van der Waals surface area contributed by atoms with Crippen LogP contribution in [0.25, 0.3) is 0 Å². The maximum atomic E-state index is 10.2. The van der Waals surface area contributed by atoms with Crippen molar-refractivity contribution in [1.82, 2.24) is 0 Å². The Morgan fingerprint density at radius 2 is 1.79 bits per heavy atom. The van der Waals surface area contributed by atoms with Crippen molar-refractivity contribution in [3.63, 3.8) is 0 Å². The third-order valence-electron chi connectivity index (χ3n) is 9.92. The van der Waals surface area contributed by atoms with E-state index in [-0.39, 0.29) is 0 Å². The number of benzene rings is 1. The SMILES string of the molecule is C[C@]12CCCC[C@H]1CC[C@H]1[C@@H]2CC[C@@]2(C)[C@@H](N=Cc3cc(Br)ccc3O)CC[C@@H]12. The van der Waals surface area contributed by atoms with Crippen LogP contribution in [0.1, 0.15) is 83.6 Å². The van der Waals surface area contributed by atoms with Gasteiger partial charge >= 0.3 is 0 Å². The molecule has 5 rings (SSSR count). The maximum Gasteiger partial charge on any atom is 0.124 e. The van der Waals surface area contributed by atoms with Crippen LogP contribution in [0.5, 0.6) is 5.75 Å². The second-order valence-corrected chi connectivity index (χ2v) is 11.9. The van der Waals surface area contributed by atoms with E-state index in [1.54, 1.807) is 6.07 Å². The third-order valence-corrected chi connectivity index (χ3v) is 10.4. The first kappa shape index (κ1) is 20.1. The smallest absolute Gasteiger partial charge is 0.124 e. The number of halogens is 1. The van der Waals surface area contributed by atoms with Crippen molar-refractivity contribution >= 4 is 22.1 Å². The number of hydrogen-bond acceptors (Lipinski definition) is 2. The van der Waals surface area contributed by atoms with Crippen LogP contribution < -0.4 is 0 Å². The zero-order valence-corrected chi connectivity index (χ0v) is 19.6. The number of fused-ring (bicyclic) bond motifs is 5. The van der Waals surface area contributed by atoms with Crippen molar-refractivity contribution in [1.29, 1.82) is 0 Å². The number of nitrogens with zero attached hydrogens (tertiary/aromatic N) is 1. The van der Waals surface area contributed by atoms with Crippen molar-refractivity contribution in [2.75, 3.05) is 0 Å². The fourth-order valence-corrected chi connectivity index (χ4v) is 8.69. The summed E-state index contributed by atoms with van der Waals surface area (Å²) in [5.41, 5.74) is 1.79. The second-order valence-electron chi connectivity index (χ2n) is 11.0. The molecule has 3 heteroatoms. The Labute approximate surface area is 184 Å². The number of hydrogen-bond donors (Lipinski definition) is 1. The van der Waals surface area contributed by atoms with Gasteiger partial charge in [-0.05, 0) is 104 Å². The van der Waals surface area contributed by atoms with Gasteiger partial charge in [0.2, 0.25) is 0 Å². The molecule has 0 bridgehead atoms. The van der Waals surface area contributed by atoms with E-state index < -0.39 is 0 Å². The molecule has 0 aliphatic heterocycles. The van der Waals surface area contributed by atoms with Crippen LogP contribution in [-0.2, 0) is 0 Å². The van der Waals surface area contributed by atoms with E-state index in [2.05, 4.69) is 29.8 Å². The molecule has 1 aromatic rings. The summed E-state index contributed by atoms with van der Waals surface area (Å²) in [7, 11) is 0. The van der Waals surface area contributed by atoms with Gasteiger partial charge < -0.3 is 5.11 Å². The zero-order valence-electron chi connectivity index (χ0n) is 18.0. The van der Waals surface area contributed by atoms with Gasteiger partial charge in [0.25, 0.3) is 0 Å². The number of rotatable bonds is 2. The molecule has 0 spiro atoms. The predicted molar refractivity (Wildman–Crippen MR) is 124 cm³/mol. The largest absolute Gasteiger partial charge is 0.507 e. The van der Waals surface area contributed by atoms with Crippen molar-refractivity contribution in [3.05, 3.63) is 28.2 Å². The highest BCUT2D eigenvalue weighted by molar-refractivity contribution is 9.10. The quantitative estimate of drug-likeness (QED) is 0.461. The van der Waals surface area contributed by atoms with Crippen molar-refractivity contribution in [2.24, 2.45) is 39.5 Å². The predicted octanol–water partition coefficient (Wildman–Crippen LogP) is 7.38. The van der Waals surface area contributed by atoms with Gasteiger partial charge in [-0.15, -0.1) is 0 Å². The van der Waals surface area contributed by atoms with E-state index in [1.165, 1.54) is 64.2 Å². The molecule has 2 nitrogen and oxygen atoms in total. The second kappa shape index (κ2) is 7.39. The lowest BCUT2D eigenvalue weighted by molar-refractivity contribution is -0.105. The molecule has 4 aliphatic rings. The molecule has 1 aromatic carbocycles. The molecule has 29 heavy (non-hydrogen) atoms. The van der Waals surface area contributed by atoms with E-state index >= 15 is 0 Å². The highest BCUT2D eigenvalue weighted by Crippen LogP contribution is 2.66. The van der Waals surface area contributed by atoms with Crippen LogP contribution in [0.15, 0.2) is 27.7 Å². The van der Waals surface area contributed by atoms with E-state index in [9.17, 15) is 5.11 Å². The average Bonchev–Trinajstić information content (AvgIpc) is 3.04. The first-order valence-electron chi connectivity index (χ1n) is 11.9. The van der Waals surface area contributed by atoms with Crippen molar-refractivity contribution in [3.8, 4) is 5.75 Å². The van der Waals surface area contributed by atoms with Gasteiger partial charge in [0.1, 0.15) is 5.75 Å². The molecule has 4 aliphatic carbocycles. The van der Waals surface area contributed by atoms with Crippen LogP contribution in [0.2, 0.25) is 0 Å². The highest BCUT2D eigenvalue weighted by atomic mass is 79.9. The Hall–Kier alpha value is -0.830. The summed E-state index contributed by atoms with van der Waals surface area (Å²) in [5, 5.41) is 10.2. The summed E-state index contributed by atoms with van der Waals surface area (Å²) < 4.78 is 0.991. The number of aromatic hydroxyl groups is 1. The minimum atomic E-state index is 0.323. The molecule has 7 atom stereocenters. The molecule has 0 amide bonds. The number of phenols is 1. The van der Waals surface area contributed by atoms with Crippen LogP contribution in [0.3, 0.4) is 0 Å². The Balaban J connectivity index is 1.37. The summed E-state index contributed by atoms with van der Waals surface area (Å²) >= 11 is 3.51. The lowest BCUT2D eigenvalue weighted by Gasteiger charge is -2.60. The molecule has 0 unspecified atom stereocenters. The van der Waals surface area contributed by atoms with Crippen molar-refractivity contribution in [2.45, 2.75) is 84.1 Å². The summed E-state index contributed by atoms with van der Waals surface area (Å²) in [6.45, 7) is 5.20. The van der Waals surface area contributed by atoms with Crippen LogP contribution in [0, 0.1) is 34.5 Å². The molecule has 0 radical (unpaired) electrons. The molecule has 1 N–H and O–H groups in total. The maximum absolute atomic E-state index is 10.2. The topological polar surface area (TPSA) is 32.6 Å². The molecule has 0 heterocycles. The first-order chi connectivity index (χ1) is 13.9. The molecular formula is C26H36BrNO.